The number of hydrogen-bond donors (Lipinski definition) is 1. The van der Waals surface area contributed by atoms with E-state index >= 15 is 0 Å². The van der Waals surface area contributed by atoms with Gasteiger partial charge in [-0.1, -0.05) is 12.1 Å². The maximum absolute atomic E-state index is 8.70. The van der Waals surface area contributed by atoms with E-state index in [2.05, 4.69) is 24.0 Å². The molecule has 0 amide bonds. The Kier molecular flexibility index (Phi) is 5.63. The van der Waals surface area contributed by atoms with Crippen LogP contribution in [0.3, 0.4) is 0 Å². The average Bonchev–Trinajstić information content (AvgIpc) is 2.47. The summed E-state index contributed by atoms with van der Waals surface area (Å²) in [6.07, 6.45) is 1.04. The van der Waals surface area contributed by atoms with E-state index in [1.807, 2.05) is 12.1 Å². The number of nitrogens with zero attached hydrogens (tertiary/aromatic N) is 1. The van der Waals surface area contributed by atoms with Gasteiger partial charge in [0.15, 0.2) is 0 Å². The summed E-state index contributed by atoms with van der Waals surface area (Å²) in [4.78, 5) is 2.47. The van der Waals surface area contributed by atoms with Crippen LogP contribution in [0, 0.1) is 0 Å². The van der Waals surface area contributed by atoms with Gasteiger partial charge in [-0.25, -0.2) is 0 Å². The molecule has 106 valence electrons. The fourth-order valence-corrected chi connectivity index (χ4v) is 2.37. The fourth-order valence-electron chi connectivity index (χ4n) is 2.37. The first-order valence-electron chi connectivity index (χ1n) is 6.94. The lowest BCUT2D eigenvalue weighted by Crippen LogP contribution is -2.43. The topological polar surface area (TPSA) is 41.9 Å². The zero-order valence-corrected chi connectivity index (χ0v) is 11.5. The van der Waals surface area contributed by atoms with Crippen LogP contribution in [0.4, 0.5) is 0 Å². The molecule has 2 rings (SSSR count). The third-order valence-electron chi connectivity index (χ3n) is 3.48. The summed E-state index contributed by atoms with van der Waals surface area (Å²) in [6, 6.07) is 8.68. The highest BCUT2D eigenvalue weighted by Gasteiger charge is 2.17. The third kappa shape index (κ3) is 4.49. The van der Waals surface area contributed by atoms with E-state index in [0.717, 1.165) is 38.5 Å². The highest BCUT2D eigenvalue weighted by atomic mass is 16.5. The molecule has 1 aliphatic rings. The lowest BCUT2D eigenvalue weighted by atomic mass is 10.1. The summed E-state index contributed by atoms with van der Waals surface area (Å²) in [5.74, 6) is 0.817. The summed E-state index contributed by atoms with van der Waals surface area (Å²) in [7, 11) is 0. The van der Waals surface area contributed by atoms with Crippen LogP contribution in [0.25, 0.3) is 0 Å². The molecule has 1 heterocycles. The van der Waals surface area contributed by atoms with Crippen LogP contribution in [0.15, 0.2) is 24.3 Å². The maximum atomic E-state index is 8.70. The minimum absolute atomic E-state index is 0.0514. The predicted molar refractivity (Wildman–Crippen MR) is 74.6 cm³/mol. The van der Waals surface area contributed by atoms with E-state index in [1.165, 1.54) is 5.56 Å². The number of ether oxygens (including phenoxy) is 2. The van der Waals surface area contributed by atoms with E-state index in [9.17, 15) is 0 Å². The van der Waals surface area contributed by atoms with Crippen LogP contribution in [-0.4, -0.2) is 55.6 Å². The van der Waals surface area contributed by atoms with Crippen LogP contribution >= 0.6 is 0 Å². The minimum Gasteiger partial charge on any atom is -0.491 e. The molecule has 4 nitrogen and oxygen atoms in total. The normalized spacial score (nSPS) is 18.2. The number of benzene rings is 1. The van der Waals surface area contributed by atoms with Gasteiger partial charge in [-0.3, -0.25) is 4.90 Å². The molecule has 1 saturated heterocycles. The van der Waals surface area contributed by atoms with Crippen molar-refractivity contribution >= 4 is 0 Å². The second-order valence-corrected chi connectivity index (χ2v) is 4.92. The quantitative estimate of drug-likeness (QED) is 0.842. The van der Waals surface area contributed by atoms with Crippen LogP contribution in [0.2, 0.25) is 0 Å². The Morgan fingerprint density at radius 1 is 1.26 bits per heavy atom. The first-order valence-corrected chi connectivity index (χ1v) is 6.94. The van der Waals surface area contributed by atoms with Crippen molar-refractivity contribution in [2.24, 2.45) is 0 Å². The average molecular weight is 265 g/mol. The van der Waals surface area contributed by atoms with E-state index in [1.54, 1.807) is 0 Å². The molecule has 19 heavy (non-hydrogen) atoms. The number of rotatable bonds is 6. The molecule has 1 fully saturated rings. The fraction of sp³-hybridized carbons (Fsp3) is 0.600. The predicted octanol–water partition coefficient (Wildman–Crippen LogP) is 1.32. The van der Waals surface area contributed by atoms with Crippen molar-refractivity contribution in [3.63, 3.8) is 0 Å². The maximum Gasteiger partial charge on any atom is 0.119 e. The third-order valence-corrected chi connectivity index (χ3v) is 3.48. The Balaban J connectivity index is 1.84. The van der Waals surface area contributed by atoms with Gasteiger partial charge in [0.25, 0.3) is 0 Å². The molecule has 0 radical (unpaired) electrons. The summed E-state index contributed by atoms with van der Waals surface area (Å²) in [5, 5.41) is 8.70. The van der Waals surface area contributed by atoms with Gasteiger partial charge in [-0.05, 0) is 31.0 Å². The van der Waals surface area contributed by atoms with Gasteiger partial charge in [0, 0.05) is 19.1 Å². The van der Waals surface area contributed by atoms with Crippen LogP contribution in [-0.2, 0) is 11.2 Å². The molecule has 4 heteroatoms. The van der Waals surface area contributed by atoms with Crippen molar-refractivity contribution in [2.75, 3.05) is 39.5 Å². The molecule has 1 unspecified atom stereocenters. The molecule has 1 aliphatic heterocycles. The lowest BCUT2D eigenvalue weighted by Gasteiger charge is -2.32. The Labute approximate surface area is 114 Å². The van der Waals surface area contributed by atoms with Crippen molar-refractivity contribution in [3.8, 4) is 5.75 Å². The van der Waals surface area contributed by atoms with Gasteiger partial charge in [0.2, 0.25) is 0 Å². The Morgan fingerprint density at radius 3 is 2.58 bits per heavy atom. The number of aliphatic hydroxyl groups is 1. The van der Waals surface area contributed by atoms with Gasteiger partial charge < -0.3 is 14.6 Å². The van der Waals surface area contributed by atoms with Gasteiger partial charge in [-0.15, -0.1) is 0 Å². The largest absolute Gasteiger partial charge is 0.491 e. The second kappa shape index (κ2) is 7.48. The van der Waals surface area contributed by atoms with Crippen molar-refractivity contribution in [1.82, 2.24) is 4.90 Å². The minimum atomic E-state index is 0.0514. The standard InChI is InChI=1S/C15H23NO3/c1-13(16-6-9-18-10-7-16)12-14-2-4-15(5-3-14)19-11-8-17/h2-5,13,17H,6-12H2,1H3. The molecule has 0 spiro atoms. The van der Waals surface area contributed by atoms with Crippen molar-refractivity contribution in [2.45, 2.75) is 19.4 Å². The number of morpholine rings is 1. The van der Waals surface area contributed by atoms with Gasteiger partial charge in [0.05, 0.1) is 19.8 Å². The first kappa shape index (κ1) is 14.3. The zero-order chi connectivity index (χ0) is 13.5. The Morgan fingerprint density at radius 2 is 1.95 bits per heavy atom. The monoisotopic (exact) mass is 265 g/mol. The van der Waals surface area contributed by atoms with Crippen LogP contribution < -0.4 is 4.74 Å². The van der Waals surface area contributed by atoms with E-state index < -0.39 is 0 Å². The summed E-state index contributed by atoms with van der Waals surface area (Å²) in [6.45, 7) is 6.41. The van der Waals surface area contributed by atoms with E-state index in [4.69, 9.17) is 14.6 Å². The lowest BCUT2D eigenvalue weighted by molar-refractivity contribution is 0.0203. The highest BCUT2D eigenvalue weighted by Crippen LogP contribution is 2.15. The van der Waals surface area contributed by atoms with Crippen molar-refractivity contribution < 1.29 is 14.6 Å². The molecule has 1 atom stereocenters. The highest BCUT2D eigenvalue weighted by molar-refractivity contribution is 5.27. The van der Waals surface area contributed by atoms with Crippen molar-refractivity contribution in [3.05, 3.63) is 29.8 Å². The molecule has 0 aliphatic carbocycles. The summed E-state index contributed by atoms with van der Waals surface area (Å²) in [5.41, 5.74) is 1.32. The second-order valence-electron chi connectivity index (χ2n) is 4.92. The first-order chi connectivity index (χ1) is 9.29. The molecule has 1 aromatic carbocycles. The molecule has 0 aromatic heterocycles. The molecule has 0 saturated carbocycles. The summed E-state index contributed by atoms with van der Waals surface area (Å²) >= 11 is 0. The molecule has 1 N–H and O–H groups in total. The molecule has 0 bridgehead atoms. The van der Waals surface area contributed by atoms with Crippen molar-refractivity contribution in [1.29, 1.82) is 0 Å². The van der Waals surface area contributed by atoms with Gasteiger partial charge in [0.1, 0.15) is 12.4 Å². The molecular formula is C15H23NO3. The Bertz CT molecular complexity index is 360. The summed E-state index contributed by atoms with van der Waals surface area (Å²) < 4.78 is 10.7. The number of aliphatic hydroxyl groups excluding tert-OH is 1. The SMILES string of the molecule is CC(Cc1ccc(OCCO)cc1)N1CCOCC1. The Hall–Kier alpha value is -1.10. The smallest absolute Gasteiger partial charge is 0.119 e. The molecule has 1 aromatic rings. The van der Waals surface area contributed by atoms with Crippen LogP contribution in [0.5, 0.6) is 5.75 Å². The molecular weight excluding hydrogens is 242 g/mol. The zero-order valence-electron chi connectivity index (χ0n) is 11.5. The number of hydrogen-bond acceptors (Lipinski definition) is 4. The van der Waals surface area contributed by atoms with Crippen LogP contribution in [0.1, 0.15) is 12.5 Å². The van der Waals surface area contributed by atoms with E-state index in [-0.39, 0.29) is 6.61 Å². The van der Waals surface area contributed by atoms with E-state index in [0.29, 0.717) is 12.6 Å². The van der Waals surface area contributed by atoms with Gasteiger partial charge in [-0.2, -0.15) is 0 Å². The van der Waals surface area contributed by atoms with Gasteiger partial charge >= 0.3 is 0 Å².